The second-order valence-corrected chi connectivity index (χ2v) is 5.30. The van der Waals surface area contributed by atoms with E-state index in [0.717, 1.165) is 0 Å². The first kappa shape index (κ1) is 16.8. The molecule has 23 heavy (non-hydrogen) atoms. The number of nitrogens with one attached hydrogen (secondary N) is 1. The van der Waals surface area contributed by atoms with Crippen LogP contribution in [0.2, 0.25) is 5.02 Å². The van der Waals surface area contributed by atoms with Gasteiger partial charge >= 0.3 is 5.97 Å². The van der Waals surface area contributed by atoms with Crippen molar-refractivity contribution in [3.05, 3.63) is 34.9 Å². The van der Waals surface area contributed by atoms with E-state index in [9.17, 15) is 14.7 Å². The van der Waals surface area contributed by atoms with Gasteiger partial charge in [0.15, 0.2) is 17.1 Å². The molecule has 0 unspecified atom stereocenters. The number of benzene rings is 1. The Morgan fingerprint density at radius 2 is 2.00 bits per heavy atom. The summed E-state index contributed by atoms with van der Waals surface area (Å²) in [5.74, 6) is -0.976. The Morgan fingerprint density at radius 1 is 1.35 bits per heavy atom. The van der Waals surface area contributed by atoms with E-state index in [0.29, 0.717) is 17.1 Å². The van der Waals surface area contributed by atoms with Gasteiger partial charge in [0.2, 0.25) is 5.91 Å². The minimum absolute atomic E-state index is 0.0493. The molecular weight excluding hydrogens is 322 g/mol. The fraction of sp³-hybridized carbons (Fsp3) is 0.267. The molecule has 1 heterocycles. The lowest BCUT2D eigenvalue weighted by atomic mass is 10.1. The lowest BCUT2D eigenvalue weighted by Crippen LogP contribution is -2.27. The number of nitrogens with zero attached hydrogens (tertiary/aromatic N) is 2. The highest BCUT2D eigenvalue weighted by Gasteiger charge is 2.26. The average molecular weight is 338 g/mol. The topological polar surface area (TPSA) is 95.7 Å². The van der Waals surface area contributed by atoms with Gasteiger partial charge in [-0.3, -0.25) is 4.79 Å². The Labute approximate surface area is 137 Å². The maximum absolute atomic E-state index is 11.6. The van der Waals surface area contributed by atoms with E-state index in [1.807, 2.05) is 0 Å². The largest absolute Gasteiger partial charge is 0.477 e. The van der Waals surface area contributed by atoms with E-state index in [1.165, 1.54) is 0 Å². The van der Waals surface area contributed by atoms with Crippen LogP contribution in [0.15, 0.2) is 28.8 Å². The lowest BCUT2D eigenvalue weighted by Gasteiger charge is -2.15. The molecule has 8 heteroatoms. The van der Waals surface area contributed by atoms with Gasteiger partial charge in [-0.25, -0.2) is 4.79 Å². The van der Waals surface area contributed by atoms with Crippen LogP contribution in [0.1, 0.15) is 16.8 Å². The van der Waals surface area contributed by atoms with Gasteiger partial charge in [-0.2, -0.15) is 0 Å². The van der Waals surface area contributed by atoms with Crippen molar-refractivity contribution in [3.8, 4) is 11.3 Å². The van der Waals surface area contributed by atoms with Crippen LogP contribution < -0.4 is 10.2 Å². The fourth-order valence-electron chi connectivity index (χ4n) is 2.03. The van der Waals surface area contributed by atoms with E-state index in [2.05, 4.69) is 10.5 Å². The van der Waals surface area contributed by atoms with Crippen molar-refractivity contribution < 1.29 is 19.2 Å². The van der Waals surface area contributed by atoms with Crippen molar-refractivity contribution >= 4 is 29.3 Å². The van der Waals surface area contributed by atoms with Crippen LogP contribution >= 0.6 is 11.6 Å². The highest BCUT2D eigenvalue weighted by atomic mass is 35.5. The summed E-state index contributed by atoms with van der Waals surface area (Å²) in [6.45, 7) is 0.312. The Hall–Kier alpha value is -2.54. The van der Waals surface area contributed by atoms with Crippen molar-refractivity contribution in [2.75, 3.05) is 25.5 Å². The van der Waals surface area contributed by atoms with E-state index in [4.69, 9.17) is 16.1 Å². The fourth-order valence-corrected chi connectivity index (χ4v) is 2.16. The molecule has 2 N–H and O–H groups in total. The van der Waals surface area contributed by atoms with Gasteiger partial charge < -0.3 is 19.8 Å². The minimum atomic E-state index is -1.15. The summed E-state index contributed by atoms with van der Waals surface area (Å²) in [5.41, 5.74) is 0.511. The van der Waals surface area contributed by atoms with Gasteiger partial charge in [0, 0.05) is 37.6 Å². The number of carbonyl (C=O) groups excluding carboxylic acids is 1. The van der Waals surface area contributed by atoms with Gasteiger partial charge in [-0.1, -0.05) is 16.8 Å². The van der Waals surface area contributed by atoms with Crippen LogP contribution in [0.25, 0.3) is 11.3 Å². The number of rotatable bonds is 6. The van der Waals surface area contributed by atoms with Crippen molar-refractivity contribution in [2.45, 2.75) is 6.42 Å². The molecule has 1 aromatic carbocycles. The zero-order valence-electron chi connectivity index (χ0n) is 12.7. The standard InChI is InChI=1S/C15H16ClN3O4/c1-17-11(20)7-8-19(2)14-12(15(21)22)13(23-18-14)9-3-5-10(16)6-4-9/h3-6H,7-8H2,1-2H3,(H,17,20)(H,21,22). The maximum Gasteiger partial charge on any atom is 0.343 e. The molecule has 0 aliphatic heterocycles. The van der Waals surface area contributed by atoms with Gasteiger partial charge in [0.05, 0.1) is 0 Å². The number of anilines is 1. The summed E-state index contributed by atoms with van der Waals surface area (Å²) >= 11 is 5.83. The third-order valence-electron chi connectivity index (χ3n) is 3.31. The molecule has 1 amide bonds. The van der Waals surface area contributed by atoms with Crippen LogP contribution in [0.3, 0.4) is 0 Å². The SMILES string of the molecule is CNC(=O)CCN(C)c1noc(-c2ccc(Cl)cc2)c1C(=O)O. The number of carboxylic acid groups (broad SMARTS) is 1. The van der Waals surface area contributed by atoms with Crippen molar-refractivity contribution in [1.82, 2.24) is 10.5 Å². The summed E-state index contributed by atoms with van der Waals surface area (Å²) in [5, 5.41) is 16.4. The third-order valence-corrected chi connectivity index (χ3v) is 3.56. The zero-order chi connectivity index (χ0) is 17.0. The average Bonchev–Trinajstić information content (AvgIpc) is 2.98. The summed E-state index contributed by atoms with van der Waals surface area (Å²) in [4.78, 5) is 24.5. The first-order valence-electron chi connectivity index (χ1n) is 6.84. The van der Waals surface area contributed by atoms with Crippen LogP contribution in [-0.2, 0) is 4.79 Å². The molecule has 0 saturated carbocycles. The second-order valence-electron chi connectivity index (χ2n) is 4.87. The zero-order valence-corrected chi connectivity index (χ0v) is 13.4. The Morgan fingerprint density at radius 3 is 2.57 bits per heavy atom. The Balaban J connectivity index is 2.33. The van der Waals surface area contributed by atoms with E-state index < -0.39 is 5.97 Å². The van der Waals surface area contributed by atoms with E-state index in [-0.39, 0.29) is 29.5 Å². The van der Waals surface area contributed by atoms with E-state index in [1.54, 1.807) is 43.3 Å². The summed E-state index contributed by atoms with van der Waals surface area (Å²) < 4.78 is 5.22. The number of hydrogen-bond acceptors (Lipinski definition) is 5. The smallest absolute Gasteiger partial charge is 0.343 e. The summed E-state index contributed by atoms with van der Waals surface area (Å²) in [6.07, 6.45) is 0.217. The molecule has 2 rings (SSSR count). The van der Waals surface area contributed by atoms with Crippen LogP contribution in [-0.4, -0.2) is 42.8 Å². The first-order valence-corrected chi connectivity index (χ1v) is 7.22. The molecule has 7 nitrogen and oxygen atoms in total. The molecule has 0 spiro atoms. The molecule has 1 aromatic heterocycles. The number of carboxylic acids is 1. The molecule has 0 bridgehead atoms. The predicted molar refractivity (Wildman–Crippen MR) is 85.9 cm³/mol. The van der Waals surface area contributed by atoms with Gasteiger partial charge in [-0.05, 0) is 24.3 Å². The number of amides is 1. The Kier molecular flexibility index (Phi) is 5.23. The normalized spacial score (nSPS) is 10.4. The summed E-state index contributed by atoms with van der Waals surface area (Å²) in [7, 11) is 3.19. The lowest BCUT2D eigenvalue weighted by molar-refractivity contribution is -0.120. The van der Waals surface area contributed by atoms with E-state index >= 15 is 0 Å². The molecule has 0 atom stereocenters. The third kappa shape index (κ3) is 3.81. The number of hydrogen-bond donors (Lipinski definition) is 2. The molecule has 0 radical (unpaired) electrons. The second kappa shape index (κ2) is 7.15. The van der Waals surface area contributed by atoms with Crippen molar-refractivity contribution in [3.63, 3.8) is 0 Å². The highest BCUT2D eigenvalue weighted by Crippen LogP contribution is 2.31. The Bertz CT molecular complexity index is 712. The molecule has 2 aromatic rings. The highest BCUT2D eigenvalue weighted by molar-refractivity contribution is 6.30. The molecule has 0 aliphatic carbocycles. The molecule has 0 aliphatic rings. The van der Waals surface area contributed by atoms with Crippen LogP contribution in [0, 0.1) is 0 Å². The monoisotopic (exact) mass is 337 g/mol. The molecule has 0 saturated heterocycles. The number of halogens is 1. The van der Waals surface area contributed by atoms with Crippen LogP contribution in [0.5, 0.6) is 0 Å². The number of carbonyl (C=O) groups is 2. The van der Waals surface area contributed by atoms with Gasteiger partial charge in [0.1, 0.15) is 0 Å². The minimum Gasteiger partial charge on any atom is -0.477 e. The molecule has 0 fully saturated rings. The quantitative estimate of drug-likeness (QED) is 0.839. The maximum atomic E-state index is 11.6. The molecular formula is C15H16ClN3O4. The van der Waals surface area contributed by atoms with Crippen LogP contribution in [0.4, 0.5) is 5.82 Å². The first-order chi connectivity index (χ1) is 10.9. The summed E-state index contributed by atoms with van der Waals surface area (Å²) in [6, 6.07) is 6.59. The molecule has 122 valence electrons. The predicted octanol–water partition coefficient (Wildman–Crippen LogP) is 2.27. The van der Waals surface area contributed by atoms with Gasteiger partial charge in [-0.15, -0.1) is 0 Å². The van der Waals surface area contributed by atoms with Crippen molar-refractivity contribution in [1.29, 1.82) is 0 Å². The van der Waals surface area contributed by atoms with Gasteiger partial charge in [0.25, 0.3) is 0 Å². The number of aromatic nitrogens is 1. The van der Waals surface area contributed by atoms with Crippen molar-refractivity contribution in [2.24, 2.45) is 0 Å². The number of aromatic carboxylic acids is 1.